The fourth-order valence-corrected chi connectivity index (χ4v) is 1.68. The van der Waals surface area contributed by atoms with Gasteiger partial charge in [0.05, 0.1) is 6.54 Å². The van der Waals surface area contributed by atoms with Gasteiger partial charge in [0.1, 0.15) is 0 Å². The zero-order valence-electron chi connectivity index (χ0n) is 8.56. The highest BCUT2D eigenvalue weighted by Crippen LogP contribution is 2.18. The zero-order chi connectivity index (χ0) is 11.5. The quantitative estimate of drug-likeness (QED) is 0.810. The summed E-state index contributed by atoms with van der Waals surface area (Å²) < 4.78 is 1.59. The van der Waals surface area contributed by atoms with Crippen molar-refractivity contribution in [2.24, 2.45) is 0 Å². The highest BCUT2D eigenvalue weighted by molar-refractivity contribution is 6.30. The van der Waals surface area contributed by atoms with Gasteiger partial charge >= 0.3 is 0 Å². The van der Waals surface area contributed by atoms with Crippen LogP contribution in [0.4, 0.5) is 5.69 Å². The van der Waals surface area contributed by atoms with E-state index in [0.29, 0.717) is 17.3 Å². The maximum atomic E-state index is 11.5. The molecule has 3 nitrogen and oxygen atoms in total. The minimum Gasteiger partial charge on any atom is -0.398 e. The van der Waals surface area contributed by atoms with Crippen LogP contribution in [0, 0.1) is 0 Å². The van der Waals surface area contributed by atoms with E-state index >= 15 is 0 Å². The maximum Gasteiger partial charge on any atom is 0.250 e. The van der Waals surface area contributed by atoms with E-state index in [1.165, 1.54) is 6.07 Å². The lowest BCUT2D eigenvalue weighted by atomic mass is 10.2. The summed E-state index contributed by atoms with van der Waals surface area (Å²) in [4.78, 5) is 11.5. The molecule has 1 aromatic heterocycles. The van der Waals surface area contributed by atoms with Crippen LogP contribution in [-0.4, -0.2) is 4.57 Å². The van der Waals surface area contributed by atoms with Crippen LogP contribution in [0.5, 0.6) is 0 Å². The van der Waals surface area contributed by atoms with E-state index in [1.54, 1.807) is 35.0 Å². The molecule has 16 heavy (non-hydrogen) atoms. The highest BCUT2D eigenvalue weighted by Gasteiger charge is 2.02. The minimum absolute atomic E-state index is 0.0538. The molecule has 2 rings (SSSR count). The van der Waals surface area contributed by atoms with Gasteiger partial charge in [0.2, 0.25) is 0 Å². The Morgan fingerprint density at radius 3 is 2.81 bits per heavy atom. The molecule has 0 atom stereocenters. The molecule has 0 aliphatic rings. The number of benzene rings is 1. The molecule has 0 fully saturated rings. The summed E-state index contributed by atoms with van der Waals surface area (Å²) in [6, 6.07) is 10.3. The van der Waals surface area contributed by atoms with Gasteiger partial charge in [0.25, 0.3) is 5.56 Å². The second-order valence-electron chi connectivity index (χ2n) is 3.51. The normalized spacial score (nSPS) is 10.3. The van der Waals surface area contributed by atoms with Crippen LogP contribution >= 0.6 is 11.6 Å². The van der Waals surface area contributed by atoms with Gasteiger partial charge < -0.3 is 10.3 Å². The summed E-state index contributed by atoms with van der Waals surface area (Å²) in [7, 11) is 0. The SMILES string of the molecule is Nc1ccc(Cl)cc1Cn1ccccc1=O. The van der Waals surface area contributed by atoms with Gasteiger partial charge in [-0.25, -0.2) is 0 Å². The summed E-state index contributed by atoms with van der Waals surface area (Å²) in [5.74, 6) is 0. The van der Waals surface area contributed by atoms with Crippen LogP contribution in [0.1, 0.15) is 5.56 Å². The van der Waals surface area contributed by atoms with Crippen LogP contribution in [-0.2, 0) is 6.54 Å². The van der Waals surface area contributed by atoms with Crippen LogP contribution < -0.4 is 11.3 Å². The second-order valence-corrected chi connectivity index (χ2v) is 3.95. The molecule has 4 heteroatoms. The molecule has 0 aliphatic carbocycles. The second kappa shape index (κ2) is 4.41. The van der Waals surface area contributed by atoms with E-state index in [4.69, 9.17) is 17.3 Å². The average molecular weight is 235 g/mol. The number of anilines is 1. The molecule has 0 amide bonds. The van der Waals surface area contributed by atoms with E-state index in [2.05, 4.69) is 0 Å². The molecule has 0 spiro atoms. The van der Waals surface area contributed by atoms with Crippen molar-refractivity contribution in [2.45, 2.75) is 6.54 Å². The van der Waals surface area contributed by atoms with Crippen LogP contribution in [0.3, 0.4) is 0 Å². The first-order valence-corrected chi connectivity index (χ1v) is 5.24. The van der Waals surface area contributed by atoms with Crippen molar-refractivity contribution in [3.8, 4) is 0 Å². The van der Waals surface area contributed by atoms with Crippen molar-refractivity contribution in [3.05, 3.63) is 63.5 Å². The predicted molar refractivity (Wildman–Crippen MR) is 65.7 cm³/mol. The Morgan fingerprint density at radius 2 is 2.06 bits per heavy atom. The van der Waals surface area contributed by atoms with Gasteiger partial charge in [-0.2, -0.15) is 0 Å². The van der Waals surface area contributed by atoms with Gasteiger partial charge in [-0.3, -0.25) is 4.79 Å². The summed E-state index contributed by atoms with van der Waals surface area (Å²) in [6.07, 6.45) is 1.72. The van der Waals surface area contributed by atoms with Gasteiger partial charge in [0, 0.05) is 23.0 Å². The fourth-order valence-electron chi connectivity index (χ4n) is 1.49. The Kier molecular flexibility index (Phi) is 2.97. The number of pyridine rings is 1. The van der Waals surface area contributed by atoms with Crippen molar-refractivity contribution in [1.29, 1.82) is 0 Å². The highest BCUT2D eigenvalue weighted by atomic mass is 35.5. The first-order valence-electron chi connectivity index (χ1n) is 4.86. The van der Waals surface area contributed by atoms with Crippen molar-refractivity contribution in [2.75, 3.05) is 5.73 Å². The van der Waals surface area contributed by atoms with Gasteiger partial charge in [0.15, 0.2) is 0 Å². The van der Waals surface area contributed by atoms with E-state index in [9.17, 15) is 4.79 Å². The standard InChI is InChI=1S/C12H11ClN2O/c13-10-4-5-11(14)9(7-10)8-15-6-2-1-3-12(15)16/h1-7H,8,14H2. The molecule has 1 heterocycles. The predicted octanol–water partition coefficient (Wildman–Crippen LogP) is 2.13. The van der Waals surface area contributed by atoms with Gasteiger partial charge in [-0.05, 0) is 29.8 Å². The van der Waals surface area contributed by atoms with Gasteiger partial charge in [-0.1, -0.05) is 17.7 Å². The number of hydrogen-bond donors (Lipinski definition) is 1. The monoisotopic (exact) mass is 234 g/mol. The van der Waals surface area contributed by atoms with Crippen molar-refractivity contribution in [1.82, 2.24) is 4.57 Å². The Bertz CT molecular complexity index is 563. The number of rotatable bonds is 2. The molecule has 0 saturated carbocycles. The van der Waals surface area contributed by atoms with E-state index in [1.807, 2.05) is 6.07 Å². The Balaban J connectivity index is 2.38. The van der Waals surface area contributed by atoms with Crippen LogP contribution in [0.2, 0.25) is 5.02 Å². The van der Waals surface area contributed by atoms with E-state index in [-0.39, 0.29) is 5.56 Å². The zero-order valence-corrected chi connectivity index (χ0v) is 9.32. The average Bonchev–Trinajstić information content (AvgIpc) is 2.27. The molecule has 0 saturated heterocycles. The number of nitrogens with two attached hydrogens (primary N) is 1. The van der Waals surface area contributed by atoms with Crippen molar-refractivity contribution < 1.29 is 0 Å². The van der Waals surface area contributed by atoms with Crippen molar-refractivity contribution >= 4 is 17.3 Å². The molecule has 2 aromatic rings. The minimum atomic E-state index is -0.0538. The summed E-state index contributed by atoms with van der Waals surface area (Å²) in [6.45, 7) is 0.437. The lowest BCUT2D eigenvalue weighted by molar-refractivity contribution is 0.761. The van der Waals surface area contributed by atoms with E-state index < -0.39 is 0 Å². The number of halogens is 1. The molecule has 82 valence electrons. The third-order valence-electron chi connectivity index (χ3n) is 2.34. The first-order chi connectivity index (χ1) is 7.66. The number of nitrogen functional groups attached to an aromatic ring is 1. The number of aromatic nitrogens is 1. The Hall–Kier alpha value is -1.74. The molecule has 0 radical (unpaired) electrons. The smallest absolute Gasteiger partial charge is 0.250 e. The summed E-state index contributed by atoms with van der Waals surface area (Å²) >= 11 is 5.88. The molecular formula is C12H11ClN2O. The lowest BCUT2D eigenvalue weighted by Gasteiger charge is -2.08. The van der Waals surface area contributed by atoms with Crippen LogP contribution in [0.25, 0.3) is 0 Å². The molecule has 0 unspecified atom stereocenters. The van der Waals surface area contributed by atoms with Crippen LogP contribution in [0.15, 0.2) is 47.4 Å². The molecule has 0 aliphatic heterocycles. The number of nitrogens with zero attached hydrogens (tertiary/aromatic N) is 1. The fraction of sp³-hybridized carbons (Fsp3) is 0.0833. The summed E-state index contributed by atoms with van der Waals surface area (Å²) in [5.41, 5.74) is 7.25. The Morgan fingerprint density at radius 1 is 1.25 bits per heavy atom. The van der Waals surface area contributed by atoms with E-state index in [0.717, 1.165) is 5.56 Å². The third kappa shape index (κ3) is 2.25. The molecular weight excluding hydrogens is 224 g/mol. The largest absolute Gasteiger partial charge is 0.398 e. The maximum absolute atomic E-state index is 11.5. The number of hydrogen-bond acceptors (Lipinski definition) is 2. The summed E-state index contributed by atoms with van der Waals surface area (Å²) in [5, 5.41) is 0.619. The van der Waals surface area contributed by atoms with Gasteiger partial charge in [-0.15, -0.1) is 0 Å². The first kappa shape index (κ1) is 10.8. The molecule has 1 aromatic carbocycles. The molecule has 2 N–H and O–H groups in total. The molecule has 0 bridgehead atoms. The van der Waals surface area contributed by atoms with Crippen molar-refractivity contribution in [3.63, 3.8) is 0 Å². The lowest BCUT2D eigenvalue weighted by Crippen LogP contribution is -2.18. The third-order valence-corrected chi connectivity index (χ3v) is 2.58. The Labute approximate surface area is 98.1 Å². The topological polar surface area (TPSA) is 48.0 Å².